The second kappa shape index (κ2) is 6.39. The van der Waals surface area contributed by atoms with Crippen LogP contribution in [-0.2, 0) is 13.0 Å². The lowest BCUT2D eigenvalue weighted by Gasteiger charge is -2.42. The number of benzene rings is 1. The maximum atomic E-state index is 12.8. The van der Waals surface area contributed by atoms with E-state index in [4.69, 9.17) is 0 Å². The van der Waals surface area contributed by atoms with Gasteiger partial charge < -0.3 is 14.8 Å². The van der Waals surface area contributed by atoms with Gasteiger partial charge in [0.25, 0.3) is 5.56 Å². The van der Waals surface area contributed by atoms with Crippen molar-refractivity contribution in [2.24, 2.45) is 5.92 Å². The van der Waals surface area contributed by atoms with Crippen LogP contribution >= 0.6 is 0 Å². The highest BCUT2D eigenvalue weighted by molar-refractivity contribution is 5.90. The van der Waals surface area contributed by atoms with E-state index in [1.165, 1.54) is 0 Å². The minimum Gasteiger partial charge on any atom is -0.324 e. The molecule has 0 aliphatic carbocycles. The number of aromatic nitrogens is 1. The van der Waals surface area contributed by atoms with Gasteiger partial charge in [0.05, 0.1) is 0 Å². The van der Waals surface area contributed by atoms with Crippen LogP contribution < -0.4 is 10.9 Å². The number of carbonyl (C=O) groups excluding carboxylic acids is 1. The van der Waals surface area contributed by atoms with E-state index in [0.717, 1.165) is 29.8 Å². The van der Waals surface area contributed by atoms with E-state index in [0.29, 0.717) is 25.6 Å². The first-order valence-corrected chi connectivity index (χ1v) is 8.99. The number of anilines is 1. The molecule has 3 heterocycles. The molecule has 5 nitrogen and oxygen atoms in total. The topological polar surface area (TPSA) is 54.3 Å². The van der Waals surface area contributed by atoms with Crippen molar-refractivity contribution in [3.63, 3.8) is 0 Å². The minimum atomic E-state index is -0.0395. The van der Waals surface area contributed by atoms with Crippen molar-refractivity contribution in [1.29, 1.82) is 0 Å². The Labute approximate surface area is 147 Å². The van der Waals surface area contributed by atoms with Gasteiger partial charge in [-0.3, -0.25) is 4.79 Å². The number of amides is 2. The fourth-order valence-corrected chi connectivity index (χ4v) is 4.21. The number of carbonyl (C=O) groups is 1. The first-order valence-electron chi connectivity index (χ1n) is 8.99. The summed E-state index contributed by atoms with van der Waals surface area (Å²) >= 11 is 0. The average Bonchev–Trinajstić information content (AvgIpc) is 2.63. The lowest BCUT2D eigenvalue weighted by Crippen LogP contribution is -2.50. The molecule has 2 aliphatic heterocycles. The highest BCUT2D eigenvalue weighted by Gasteiger charge is 2.36. The Bertz CT molecular complexity index is 858. The maximum Gasteiger partial charge on any atom is 0.321 e. The summed E-state index contributed by atoms with van der Waals surface area (Å²) in [6.07, 6.45) is 1.94. The van der Waals surface area contributed by atoms with Crippen molar-refractivity contribution in [3.05, 3.63) is 64.1 Å². The Morgan fingerprint density at radius 2 is 1.96 bits per heavy atom. The third-order valence-electron chi connectivity index (χ3n) is 5.41. The molecule has 25 heavy (non-hydrogen) atoms. The number of urea groups is 1. The monoisotopic (exact) mass is 337 g/mol. The Balaban J connectivity index is 1.54. The molecule has 1 aromatic carbocycles. The highest BCUT2D eigenvalue weighted by Crippen LogP contribution is 2.35. The molecule has 0 saturated carbocycles. The minimum absolute atomic E-state index is 0.0395. The van der Waals surface area contributed by atoms with Crippen molar-refractivity contribution < 1.29 is 4.79 Å². The van der Waals surface area contributed by atoms with Gasteiger partial charge in [0.15, 0.2) is 0 Å². The van der Waals surface area contributed by atoms with Gasteiger partial charge in [0.1, 0.15) is 0 Å². The van der Waals surface area contributed by atoms with Gasteiger partial charge in [-0.25, -0.2) is 4.79 Å². The number of piperidine rings is 1. The van der Waals surface area contributed by atoms with Crippen LogP contribution in [0.2, 0.25) is 0 Å². The summed E-state index contributed by atoms with van der Waals surface area (Å²) in [4.78, 5) is 26.8. The van der Waals surface area contributed by atoms with E-state index >= 15 is 0 Å². The van der Waals surface area contributed by atoms with Crippen LogP contribution in [0.25, 0.3) is 0 Å². The van der Waals surface area contributed by atoms with Crippen molar-refractivity contribution in [2.75, 3.05) is 18.4 Å². The Hall–Kier alpha value is -2.56. The number of nitrogens with zero attached hydrogens (tertiary/aromatic N) is 2. The quantitative estimate of drug-likeness (QED) is 0.916. The number of aryl methyl sites for hydroxylation is 1. The molecular formula is C20H23N3O2. The fourth-order valence-electron chi connectivity index (χ4n) is 4.21. The molecule has 2 aliphatic rings. The van der Waals surface area contributed by atoms with Crippen molar-refractivity contribution in [3.8, 4) is 0 Å². The maximum absolute atomic E-state index is 12.8. The third-order valence-corrected chi connectivity index (χ3v) is 5.41. The number of hydrogen-bond acceptors (Lipinski definition) is 2. The Morgan fingerprint density at radius 1 is 1.12 bits per heavy atom. The van der Waals surface area contributed by atoms with Crippen LogP contribution in [-0.4, -0.2) is 28.6 Å². The molecule has 4 rings (SSSR count). The molecule has 130 valence electrons. The molecule has 1 aromatic heterocycles. The Morgan fingerprint density at radius 3 is 2.80 bits per heavy atom. The molecule has 2 atom stereocenters. The number of nitrogens with one attached hydrogen (secondary N) is 1. The smallest absolute Gasteiger partial charge is 0.321 e. The summed E-state index contributed by atoms with van der Waals surface area (Å²) in [5.74, 6) is 0.590. The number of hydrogen-bond donors (Lipinski definition) is 1. The number of fused-ring (bicyclic) bond motifs is 4. The first kappa shape index (κ1) is 15.9. The van der Waals surface area contributed by atoms with Crippen molar-refractivity contribution in [2.45, 2.75) is 32.2 Å². The Kier molecular flexibility index (Phi) is 4.07. The van der Waals surface area contributed by atoms with Gasteiger partial charge >= 0.3 is 6.03 Å². The van der Waals surface area contributed by atoms with Gasteiger partial charge in [0, 0.05) is 43.0 Å². The molecule has 2 bridgehead atoms. The van der Waals surface area contributed by atoms with E-state index in [1.807, 2.05) is 45.9 Å². The van der Waals surface area contributed by atoms with Crippen molar-refractivity contribution >= 4 is 11.7 Å². The van der Waals surface area contributed by atoms with E-state index in [2.05, 4.69) is 12.2 Å². The molecule has 0 unspecified atom stereocenters. The molecule has 5 heteroatoms. The molecule has 1 saturated heterocycles. The zero-order chi connectivity index (χ0) is 17.4. The number of pyridine rings is 1. The second-order valence-corrected chi connectivity index (χ2v) is 7.04. The predicted octanol–water partition coefficient (Wildman–Crippen LogP) is 3.06. The summed E-state index contributed by atoms with van der Waals surface area (Å²) in [6.45, 7) is 4.17. The number of para-hydroxylation sites is 1. The lowest BCUT2D eigenvalue weighted by molar-refractivity contribution is 0.139. The molecule has 1 N–H and O–H groups in total. The zero-order valence-corrected chi connectivity index (χ0v) is 14.4. The summed E-state index contributed by atoms with van der Waals surface area (Å²) in [7, 11) is 0. The molecule has 0 radical (unpaired) electrons. The lowest BCUT2D eigenvalue weighted by atomic mass is 9.83. The fraction of sp³-hybridized carbons (Fsp3) is 0.400. The normalized spacial score (nSPS) is 21.6. The second-order valence-electron chi connectivity index (χ2n) is 7.04. The number of likely N-dealkylation sites (tertiary alicyclic amines) is 1. The molecular weight excluding hydrogens is 314 g/mol. The summed E-state index contributed by atoms with van der Waals surface area (Å²) in [5, 5.41) is 3.07. The number of rotatable bonds is 2. The predicted molar refractivity (Wildman–Crippen MR) is 98.0 cm³/mol. The summed E-state index contributed by atoms with van der Waals surface area (Å²) in [5.41, 5.74) is 3.17. The zero-order valence-electron chi connectivity index (χ0n) is 14.4. The van der Waals surface area contributed by atoms with E-state index in [9.17, 15) is 9.59 Å². The molecule has 2 amide bonds. The SMILES string of the molecule is CCc1ccccc1NC(=O)N1C[C@@H]2C[C@@H](C1)c1cccc(=O)n1C2. The van der Waals surface area contributed by atoms with Crippen LogP contribution in [0.5, 0.6) is 0 Å². The van der Waals surface area contributed by atoms with Crippen LogP contribution in [0.4, 0.5) is 10.5 Å². The summed E-state index contributed by atoms with van der Waals surface area (Å²) < 4.78 is 1.89. The van der Waals surface area contributed by atoms with Crippen LogP contribution in [0, 0.1) is 5.92 Å². The van der Waals surface area contributed by atoms with E-state index in [1.54, 1.807) is 6.07 Å². The van der Waals surface area contributed by atoms with Gasteiger partial charge in [-0.05, 0) is 36.5 Å². The summed E-state index contributed by atoms with van der Waals surface area (Å²) in [6, 6.07) is 13.4. The average molecular weight is 337 g/mol. The van der Waals surface area contributed by atoms with Crippen LogP contribution in [0.1, 0.15) is 30.5 Å². The first-order chi connectivity index (χ1) is 12.2. The van der Waals surface area contributed by atoms with Gasteiger partial charge in [0.2, 0.25) is 0 Å². The molecule has 1 fully saturated rings. The van der Waals surface area contributed by atoms with Crippen molar-refractivity contribution in [1.82, 2.24) is 9.47 Å². The van der Waals surface area contributed by atoms with Gasteiger partial charge in [-0.1, -0.05) is 31.2 Å². The highest BCUT2D eigenvalue weighted by atomic mass is 16.2. The third kappa shape index (κ3) is 2.95. The van der Waals surface area contributed by atoms with E-state index in [-0.39, 0.29) is 17.5 Å². The standard InChI is InChI=1S/C20H23N3O2/c1-2-15-6-3-4-7-17(15)21-20(25)22-11-14-10-16(13-22)18-8-5-9-19(24)23(18)12-14/h3-9,14,16H,2,10-13H2,1H3,(H,21,25)/t14-,16-/m0/s1. The van der Waals surface area contributed by atoms with Gasteiger partial charge in [-0.15, -0.1) is 0 Å². The molecule has 0 spiro atoms. The molecule has 2 aromatic rings. The van der Waals surface area contributed by atoms with Crippen LogP contribution in [0.15, 0.2) is 47.3 Å². The van der Waals surface area contributed by atoms with Crippen LogP contribution in [0.3, 0.4) is 0 Å². The largest absolute Gasteiger partial charge is 0.324 e. The van der Waals surface area contributed by atoms with Gasteiger partial charge in [-0.2, -0.15) is 0 Å². The van der Waals surface area contributed by atoms with E-state index < -0.39 is 0 Å².